The lowest BCUT2D eigenvalue weighted by Crippen LogP contribution is -2.70. The van der Waals surface area contributed by atoms with Gasteiger partial charge in [-0.2, -0.15) is 0 Å². The molecule has 0 spiro atoms. The largest absolute Gasteiger partial charge is 0.477 e. The van der Waals surface area contributed by atoms with Crippen molar-refractivity contribution in [2.24, 2.45) is 5.92 Å². The van der Waals surface area contributed by atoms with E-state index in [1.54, 1.807) is 0 Å². The van der Waals surface area contributed by atoms with Crippen LogP contribution < -0.4 is 5.32 Å². The highest BCUT2D eigenvalue weighted by Gasteiger charge is 2.54. The molecule has 10 heteroatoms. The van der Waals surface area contributed by atoms with Crippen molar-refractivity contribution < 1.29 is 29.1 Å². The highest BCUT2D eigenvalue weighted by Crippen LogP contribution is 2.42. The van der Waals surface area contributed by atoms with Crippen LogP contribution in [-0.4, -0.2) is 56.5 Å². The number of amides is 2. The summed E-state index contributed by atoms with van der Waals surface area (Å²) in [6.45, 7) is 2.58. The number of Topliss-reactive ketones (excluding diaryl/α,β-unsaturated/α-hetero) is 2. The first-order valence-electron chi connectivity index (χ1n) is 8.93. The first-order chi connectivity index (χ1) is 13.7. The van der Waals surface area contributed by atoms with Crippen LogP contribution in [-0.2, 0) is 30.4 Å². The van der Waals surface area contributed by atoms with Gasteiger partial charge in [-0.05, 0) is 37.3 Å². The van der Waals surface area contributed by atoms with Crippen molar-refractivity contribution in [3.8, 4) is 0 Å². The number of nitrogens with one attached hydrogen (secondary N) is 1. The topological polar surface area (TPSA) is 121 Å². The fourth-order valence-electron chi connectivity index (χ4n) is 3.46. The molecule has 0 unspecified atom stereocenters. The molecule has 2 aliphatic rings. The SMILES string of the molecule is CC(=O)C(CC1=C(C(=O)O)N2C(=O)[C@@H](NC(=O)Cc3cccs3)[C@@H]2SC1)C(C)=O. The van der Waals surface area contributed by atoms with Gasteiger partial charge in [0.05, 0.1) is 12.3 Å². The van der Waals surface area contributed by atoms with Crippen molar-refractivity contribution in [1.82, 2.24) is 10.2 Å². The summed E-state index contributed by atoms with van der Waals surface area (Å²) in [6, 6.07) is 2.87. The number of fused-ring (bicyclic) bond motifs is 1. The molecule has 0 radical (unpaired) electrons. The number of carbonyl (C=O) groups excluding carboxylic acids is 4. The molecule has 2 N–H and O–H groups in total. The number of thioether (sulfide) groups is 1. The van der Waals surface area contributed by atoms with Crippen LogP contribution in [0.2, 0.25) is 0 Å². The van der Waals surface area contributed by atoms with E-state index < -0.39 is 29.2 Å². The molecule has 2 aliphatic heterocycles. The lowest BCUT2D eigenvalue weighted by Gasteiger charge is -2.49. The summed E-state index contributed by atoms with van der Waals surface area (Å²) in [7, 11) is 0. The number of rotatable bonds is 8. The summed E-state index contributed by atoms with van der Waals surface area (Å²) in [5, 5.41) is 13.7. The molecule has 1 fully saturated rings. The Morgan fingerprint density at radius 3 is 2.52 bits per heavy atom. The average molecular weight is 437 g/mol. The molecule has 0 saturated carbocycles. The van der Waals surface area contributed by atoms with E-state index in [9.17, 15) is 29.1 Å². The molecule has 1 aromatic rings. The zero-order valence-electron chi connectivity index (χ0n) is 15.8. The Balaban J connectivity index is 1.75. The second kappa shape index (κ2) is 8.50. The normalized spacial score (nSPS) is 20.9. The fraction of sp³-hybridized carbons (Fsp3) is 0.421. The molecule has 2 atom stereocenters. The van der Waals surface area contributed by atoms with Gasteiger partial charge in [0, 0.05) is 10.6 Å². The zero-order valence-corrected chi connectivity index (χ0v) is 17.5. The predicted octanol–water partition coefficient (Wildman–Crippen LogP) is 1.21. The van der Waals surface area contributed by atoms with E-state index in [0.29, 0.717) is 5.57 Å². The van der Waals surface area contributed by atoms with Crippen molar-refractivity contribution in [3.05, 3.63) is 33.7 Å². The minimum Gasteiger partial charge on any atom is -0.477 e. The van der Waals surface area contributed by atoms with Crippen LogP contribution in [0, 0.1) is 5.92 Å². The van der Waals surface area contributed by atoms with E-state index in [-0.39, 0.29) is 41.8 Å². The van der Waals surface area contributed by atoms with Crippen molar-refractivity contribution in [1.29, 1.82) is 0 Å². The molecule has 0 bridgehead atoms. The summed E-state index contributed by atoms with van der Waals surface area (Å²) < 4.78 is 0. The quantitative estimate of drug-likeness (QED) is 0.464. The minimum absolute atomic E-state index is 0.0226. The maximum absolute atomic E-state index is 12.6. The van der Waals surface area contributed by atoms with Crippen molar-refractivity contribution in [3.63, 3.8) is 0 Å². The van der Waals surface area contributed by atoms with E-state index in [1.165, 1.54) is 36.9 Å². The third-order valence-electron chi connectivity index (χ3n) is 4.91. The molecule has 2 amide bonds. The molecule has 8 nitrogen and oxygen atoms in total. The van der Waals surface area contributed by atoms with Gasteiger partial charge < -0.3 is 10.4 Å². The third kappa shape index (κ3) is 4.27. The van der Waals surface area contributed by atoms with Crippen LogP contribution in [0.25, 0.3) is 0 Å². The Kier molecular flexibility index (Phi) is 6.23. The Labute approximate surface area is 175 Å². The number of carboxylic acids is 1. The van der Waals surface area contributed by atoms with Gasteiger partial charge in [0.1, 0.15) is 28.7 Å². The number of thiophene rings is 1. The van der Waals surface area contributed by atoms with Crippen molar-refractivity contribution >= 4 is 52.4 Å². The maximum Gasteiger partial charge on any atom is 0.352 e. The molecule has 154 valence electrons. The smallest absolute Gasteiger partial charge is 0.352 e. The highest BCUT2D eigenvalue weighted by atomic mass is 32.2. The third-order valence-corrected chi connectivity index (χ3v) is 7.13. The number of hydrogen-bond acceptors (Lipinski definition) is 7. The summed E-state index contributed by atoms with van der Waals surface area (Å²) in [5.74, 6) is -3.41. The zero-order chi connectivity index (χ0) is 21.3. The summed E-state index contributed by atoms with van der Waals surface area (Å²) in [6.07, 6.45) is 0.135. The summed E-state index contributed by atoms with van der Waals surface area (Å²) in [4.78, 5) is 62.2. The molecule has 3 heterocycles. The number of ketones is 2. The van der Waals surface area contributed by atoms with Gasteiger partial charge in [-0.15, -0.1) is 23.1 Å². The van der Waals surface area contributed by atoms with Gasteiger partial charge in [0.25, 0.3) is 5.91 Å². The van der Waals surface area contributed by atoms with Crippen LogP contribution in [0.1, 0.15) is 25.1 Å². The first kappa shape index (κ1) is 21.3. The highest BCUT2D eigenvalue weighted by molar-refractivity contribution is 8.00. The summed E-state index contributed by atoms with van der Waals surface area (Å²) in [5.41, 5.74) is 0.195. The number of carbonyl (C=O) groups is 5. The van der Waals surface area contributed by atoms with Crippen LogP contribution in [0.15, 0.2) is 28.8 Å². The van der Waals surface area contributed by atoms with Crippen LogP contribution in [0.4, 0.5) is 0 Å². The molecule has 29 heavy (non-hydrogen) atoms. The van der Waals surface area contributed by atoms with Gasteiger partial charge in [0.15, 0.2) is 0 Å². The van der Waals surface area contributed by atoms with Crippen molar-refractivity contribution in [2.45, 2.75) is 38.1 Å². The lowest BCUT2D eigenvalue weighted by molar-refractivity contribution is -0.150. The fourth-order valence-corrected chi connectivity index (χ4v) is 5.52. The van der Waals surface area contributed by atoms with Crippen LogP contribution in [0.3, 0.4) is 0 Å². The van der Waals surface area contributed by atoms with Gasteiger partial charge in [0.2, 0.25) is 5.91 Å². The Bertz CT molecular complexity index is 894. The van der Waals surface area contributed by atoms with E-state index in [0.717, 1.165) is 9.78 Å². The number of nitrogens with zero attached hydrogens (tertiary/aromatic N) is 1. The predicted molar refractivity (Wildman–Crippen MR) is 107 cm³/mol. The Morgan fingerprint density at radius 2 is 1.97 bits per heavy atom. The Hall–Kier alpha value is -2.46. The molecule has 1 saturated heterocycles. The molecular formula is C19H20N2O6S2. The van der Waals surface area contributed by atoms with Gasteiger partial charge >= 0.3 is 5.97 Å². The second-order valence-corrected chi connectivity index (χ2v) is 9.08. The second-order valence-electron chi connectivity index (χ2n) is 6.95. The van der Waals surface area contributed by atoms with Crippen molar-refractivity contribution in [2.75, 3.05) is 5.75 Å². The molecule has 3 rings (SSSR count). The Morgan fingerprint density at radius 1 is 1.28 bits per heavy atom. The summed E-state index contributed by atoms with van der Waals surface area (Å²) >= 11 is 2.76. The number of aliphatic carboxylic acids is 1. The maximum atomic E-state index is 12.6. The van der Waals surface area contributed by atoms with Gasteiger partial charge in [-0.25, -0.2) is 4.79 Å². The number of carboxylic acid groups (broad SMARTS) is 1. The standard InChI is InChI=1S/C19H20N2O6S2/c1-9(22)13(10(2)23)6-11-8-29-18-15(17(25)21(18)16(11)19(26)27)20-14(24)7-12-4-3-5-28-12/h3-5,13,15,18H,6-8H2,1-2H3,(H,20,24)(H,26,27)/t15-,18+/m1/s1. The minimum atomic E-state index is -1.28. The van der Waals surface area contributed by atoms with Gasteiger partial charge in [-0.1, -0.05) is 6.07 Å². The van der Waals surface area contributed by atoms with E-state index in [4.69, 9.17) is 0 Å². The molecule has 0 aliphatic carbocycles. The molecule has 1 aromatic heterocycles. The first-order valence-corrected chi connectivity index (χ1v) is 10.9. The number of hydrogen-bond donors (Lipinski definition) is 2. The lowest BCUT2D eigenvalue weighted by atomic mass is 9.91. The average Bonchev–Trinajstić information content (AvgIpc) is 3.15. The monoisotopic (exact) mass is 436 g/mol. The van der Waals surface area contributed by atoms with E-state index in [2.05, 4.69) is 5.32 Å². The van der Waals surface area contributed by atoms with E-state index in [1.807, 2.05) is 17.5 Å². The van der Waals surface area contributed by atoms with Crippen LogP contribution >= 0.6 is 23.1 Å². The van der Waals surface area contributed by atoms with Gasteiger partial charge in [-0.3, -0.25) is 24.1 Å². The number of β-lactam (4-membered cyclic amide) rings is 1. The van der Waals surface area contributed by atoms with E-state index >= 15 is 0 Å². The molecular weight excluding hydrogens is 416 g/mol. The molecule has 0 aromatic carbocycles. The van der Waals surface area contributed by atoms with Crippen LogP contribution in [0.5, 0.6) is 0 Å².